The third kappa shape index (κ3) is 4.27. The molecule has 0 spiro atoms. The summed E-state index contributed by atoms with van der Waals surface area (Å²) in [6, 6.07) is 16.3. The van der Waals surface area contributed by atoms with Crippen molar-refractivity contribution >= 4 is 18.0 Å². The number of fused-ring (bicyclic) bond motifs is 3. The summed E-state index contributed by atoms with van der Waals surface area (Å²) in [6.07, 6.45) is 2.50. The molecule has 2 fully saturated rings. The molecular weight excluding hydrogens is 448 g/mol. The highest BCUT2D eigenvalue weighted by Gasteiger charge is 2.49. The van der Waals surface area contributed by atoms with Crippen molar-refractivity contribution in [1.82, 2.24) is 10.6 Å². The van der Waals surface area contributed by atoms with Crippen LogP contribution in [0.5, 0.6) is 0 Å². The summed E-state index contributed by atoms with van der Waals surface area (Å²) < 4.78 is 10.9. The molecule has 1 saturated heterocycles. The first kappa shape index (κ1) is 23.4. The maximum atomic E-state index is 13.3. The summed E-state index contributed by atoms with van der Waals surface area (Å²) in [6.45, 7) is 0.534. The molecular formula is C27H30N2O6. The number of carboxylic acids is 1. The summed E-state index contributed by atoms with van der Waals surface area (Å²) in [5, 5.41) is 15.2. The van der Waals surface area contributed by atoms with Gasteiger partial charge in [-0.3, -0.25) is 4.79 Å². The van der Waals surface area contributed by atoms with Gasteiger partial charge < -0.3 is 25.2 Å². The highest BCUT2D eigenvalue weighted by Crippen LogP contribution is 2.44. The normalized spacial score (nSPS) is 22.3. The minimum absolute atomic E-state index is 0.0466. The Labute approximate surface area is 204 Å². The van der Waals surface area contributed by atoms with Gasteiger partial charge in [0.05, 0.1) is 12.0 Å². The van der Waals surface area contributed by atoms with Gasteiger partial charge in [0.25, 0.3) is 0 Å². The molecule has 3 aliphatic rings. The molecule has 184 valence electrons. The Bertz CT molecular complexity index is 1090. The van der Waals surface area contributed by atoms with Crippen molar-refractivity contribution in [2.75, 3.05) is 26.4 Å². The Morgan fingerprint density at radius 1 is 0.971 bits per heavy atom. The van der Waals surface area contributed by atoms with Crippen LogP contribution in [0.25, 0.3) is 11.1 Å². The second-order valence-electron chi connectivity index (χ2n) is 9.81. The lowest BCUT2D eigenvalue weighted by Crippen LogP contribution is -2.60. The Kier molecular flexibility index (Phi) is 6.23. The zero-order valence-corrected chi connectivity index (χ0v) is 19.5. The van der Waals surface area contributed by atoms with Crippen LogP contribution in [0.3, 0.4) is 0 Å². The Morgan fingerprint density at radius 3 is 2.17 bits per heavy atom. The molecule has 1 saturated carbocycles. The molecule has 1 atom stereocenters. The van der Waals surface area contributed by atoms with Crippen molar-refractivity contribution in [3.8, 4) is 11.1 Å². The number of amides is 2. The molecule has 2 aromatic carbocycles. The van der Waals surface area contributed by atoms with E-state index in [-0.39, 0.29) is 44.6 Å². The van der Waals surface area contributed by atoms with E-state index in [1.807, 2.05) is 24.3 Å². The summed E-state index contributed by atoms with van der Waals surface area (Å²) in [5.41, 5.74) is 2.31. The Balaban J connectivity index is 1.22. The van der Waals surface area contributed by atoms with Gasteiger partial charge in [0, 0.05) is 25.5 Å². The van der Waals surface area contributed by atoms with Gasteiger partial charge >= 0.3 is 12.1 Å². The van der Waals surface area contributed by atoms with Crippen LogP contribution in [0, 0.1) is 5.41 Å². The number of aliphatic carboxylic acids is 1. The summed E-state index contributed by atoms with van der Waals surface area (Å²) >= 11 is 0. The molecule has 8 nitrogen and oxygen atoms in total. The highest BCUT2D eigenvalue weighted by molar-refractivity contribution is 5.91. The van der Waals surface area contributed by atoms with E-state index < -0.39 is 23.0 Å². The van der Waals surface area contributed by atoms with Gasteiger partial charge in [-0.1, -0.05) is 61.4 Å². The number of rotatable bonds is 7. The number of nitrogens with one attached hydrogen (secondary N) is 2. The van der Waals surface area contributed by atoms with Gasteiger partial charge in [-0.15, -0.1) is 0 Å². The standard InChI is InChI=1S/C27H30N2O6/c30-23(29-27(24(31)32)13-14-34-17-27)26(11-5-6-12-26)16-28-25(33)35-15-22-20-9-3-1-7-18(20)19-8-2-4-10-21(19)22/h1-4,7-10,22H,5-6,11-17H2,(H,28,33)(H,29,30)(H,31,32). The highest BCUT2D eigenvalue weighted by atomic mass is 16.5. The van der Waals surface area contributed by atoms with Gasteiger partial charge in [0.1, 0.15) is 6.61 Å². The number of ether oxygens (including phenoxy) is 2. The van der Waals surface area contributed by atoms with Crippen molar-refractivity contribution in [3.63, 3.8) is 0 Å². The molecule has 35 heavy (non-hydrogen) atoms. The second-order valence-corrected chi connectivity index (χ2v) is 9.81. The average molecular weight is 479 g/mol. The molecule has 5 rings (SSSR count). The topological polar surface area (TPSA) is 114 Å². The maximum Gasteiger partial charge on any atom is 0.407 e. The van der Waals surface area contributed by atoms with E-state index in [4.69, 9.17) is 9.47 Å². The number of carboxylic acid groups (broad SMARTS) is 1. The fourth-order valence-corrected chi connectivity index (χ4v) is 5.66. The van der Waals surface area contributed by atoms with Gasteiger partial charge in [0.2, 0.25) is 5.91 Å². The number of carbonyl (C=O) groups is 3. The van der Waals surface area contributed by atoms with Crippen LogP contribution in [0.15, 0.2) is 48.5 Å². The van der Waals surface area contributed by atoms with Crippen LogP contribution in [-0.2, 0) is 19.1 Å². The quantitative estimate of drug-likeness (QED) is 0.562. The fourth-order valence-electron chi connectivity index (χ4n) is 5.66. The van der Waals surface area contributed by atoms with E-state index in [1.165, 1.54) is 0 Å². The van der Waals surface area contributed by atoms with Crippen molar-refractivity contribution in [2.45, 2.75) is 43.6 Å². The average Bonchev–Trinajstić information content (AvgIpc) is 3.60. The van der Waals surface area contributed by atoms with Crippen LogP contribution in [0.1, 0.15) is 49.1 Å². The maximum absolute atomic E-state index is 13.3. The van der Waals surface area contributed by atoms with Crippen LogP contribution in [0.4, 0.5) is 4.79 Å². The first-order chi connectivity index (χ1) is 16.9. The third-order valence-corrected chi connectivity index (χ3v) is 7.74. The van der Waals surface area contributed by atoms with Crippen molar-refractivity contribution in [3.05, 3.63) is 59.7 Å². The second kappa shape index (κ2) is 9.34. The zero-order valence-electron chi connectivity index (χ0n) is 19.5. The molecule has 2 aromatic rings. The van der Waals surface area contributed by atoms with E-state index in [1.54, 1.807) is 0 Å². The number of carbonyl (C=O) groups excluding carboxylic acids is 2. The molecule has 1 heterocycles. The largest absolute Gasteiger partial charge is 0.479 e. The van der Waals surface area contributed by atoms with E-state index in [0.717, 1.165) is 35.1 Å². The summed E-state index contributed by atoms with van der Waals surface area (Å²) in [7, 11) is 0. The van der Waals surface area contributed by atoms with E-state index in [0.29, 0.717) is 12.8 Å². The zero-order chi connectivity index (χ0) is 24.5. The van der Waals surface area contributed by atoms with Crippen molar-refractivity contribution < 1.29 is 29.0 Å². The molecule has 3 N–H and O–H groups in total. The minimum atomic E-state index is -1.41. The van der Waals surface area contributed by atoms with Crippen LogP contribution in [-0.4, -0.2) is 55.0 Å². The Morgan fingerprint density at radius 2 is 1.60 bits per heavy atom. The monoisotopic (exact) mass is 478 g/mol. The number of hydrogen-bond acceptors (Lipinski definition) is 5. The lowest BCUT2D eigenvalue weighted by molar-refractivity contribution is -0.149. The molecule has 2 aliphatic carbocycles. The fraction of sp³-hybridized carbons (Fsp3) is 0.444. The van der Waals surface area contributed by atoms with Gasteiger partial charge in [-0.05, 0) is 35.1 Å². The van der Waals surface area contributed by atoms with Crippen LogP contribution in [0.2, 0.25) is 0 Å². The van der Waals surface area contributed by atoms with E-state index >= 15 is 0 Å². The lowest BCUT2D eigenvalue weighted by Gasteiger charge is -2.33. The SMILES string of the molecule is O=C(NCC1(C(=O)NC2(C(=O)O)CCOC2)CCCC1)OCC1c2ccccc2-c2ccccc21. The Hall–Kier alpha value is -3.39. The van der Waals surface area contributed by atoms with Crippen molar-refractivity contribution in [2.24, 2.45) is 5.41 Å². The third-order valence-electron chi connectivity index (χ3n) is 7.74. The van der Waals surface area contributed by atoms with Gasteiger partial charge in [-0.2, -0.15) is 0 Å². The smallest absolute Gasteiger partial charge is 0.407 e. The van der Waals surface area contributed by atoms with E-state index in [2.05, 4.69) is 34.9 Å². The predicted octanol–water partition coefficient (Wildman–Crippen LogP) is 3.45. The number of hydrogen-bond donors (Lipinski definition) is 3. The van der Waals surface area contributed by atoms with Crippen LogP contribution < -0.4 is 10.6 Å². The molecule has 8 heteroatoms. The molecule has 0 bridgehead atoms. The summed E-state index contributed by atoms with van der Waals surface area (Å²) in [4.78, 5) is 37.8. The first-order valence-corrected chi connectivity index (χ1v) is 12.2. The molecule has 2 amide bonds. The van der Waals surface area contributed by atoms with Crippen LogP contribution >= 0.6 is 0 Å². The minimum Gasteiger partial charge on any atom is -0.479 e. The summed E-state index contributed by atoms with van der Waals surface area (Å²) in [5.74, 6) is -1.49. The number of alkyl carbamates (subject to hydrolysis) is 1. The first-order valence-electron chi connectivity index (χ1n) is 12.2. The van der Waals surface area contributed by atoms with Gasteiger partial charge in [-0.25, -0.2) is 9.59 Å². The number of benzene rings is 2. The molecule has 0 aromatic heterocycles. The predicted molar refractivity (Wildman–Crippen MR) is 128 cm³/mol. The van der Waals surface area contributed by atoms with Crippen molar-refractivity contribution in [1.29, 1.82) is 0 Å². The molecule has 1 unspecified atom stereocenters. The lowest BCUT2D eigenvalue weighted by atomic mass is 9.83. The van der Waals surface area contributed by atoms with Gasteiger partial charge in [0.15, 0.2) is 5.54 Å². The molecule has 1 aliphatic heterocycles. The molecule has 0 radical (unpaired) electrons. The van der Waals surface area contributed by atoms with E-state index in [9.17, 15) is 19.5 Å².